The van der Waals surface area contributed by atoms with E-state index in [0.29, 0.717) is 6.54 Å². The largest absolute Gasteiger partial charge is 0.355 e. The third kappa shape index (κ3) is 6.10. The zero-order chi connectivity index (χ0) is 15.6. The van der Waals surface area contributed by atoms with Crippen molar-refractivity contribution in [2.75, 3.05) is 13.1 Å². The fourth-order valence-electron chi connectivity index (χ4n) is 2.25. The minimum atomic E-state index is 0.0557. The highest BCUT2D eigenvalue weighted by Crippen LogP contribution is 2.02. The zero-order valence-corrected chi connectivity index (χ0v) is 13.1. The first kappa shape index (κ1) is 16.2. The summed E-state index contributed by atoms with van der Waals surface area (Å²) in [7, 11) is 0. The molecule has 0 radical (unpaired) electrons. The molecule has 0 spiro atoms. The zero-order valence-electron chi connectivity index (χ0n) is 13.1. The lowest BCUT2D eigenvalue weighted by Crippen LogP contribution is -2.34. The normalized spacial score (nSPS) is 10.4. The summed E-state index contributed by atoms with van der Waals surface area (Å²) in [6.45, 7) is 3.87. The van der Waals surface area contributed by atoms with E-state index in [1.165, 1.54) is 16.7 Å². The molecule has 0 bridgehead atoms. The van der Waals surface area contributed by atoms with Gasteiger partial charge in [0.05, 0.1) is 6.54 Å². The van der Waals surface area contributed by atoms with Crippen molar-refractivity contribution in [3.05, 3.63) is 71.3 Å². The van der Waals surface area contributed by atoms with Crippen LogP contribution in [0.3, 0.4) is 0 Å². The van der Waals surface area contributed by atoms with Gasteiger partial charge in [0, 0.05) is 13.1 Å². The summed E-state index contributed by atoms with van der Waals surface area (Å²) in [5, 5.41) is 6.11. The Labute approximate surface area is 132 Å². The number of hydrogen-bond acceptors (Lipinski definition) is 2. The fraction of sp³-hybridized carbons (Fsp3) is 0.316. The molecule has 2 aromatic carbocycles. The Morgan fingerprint density at radius 2 is 1.68 bits per heavy atom. The van der Waals surface area contributed by atoms with E-state index >= 15 is 0 Å². The molecule has 0 aliphatic carbocycles. The Hall–Kier alpha value is -2.13. The summed E-state index contributed by atoms with van der Waals surface area (Å²) >= 11 is 0. The maximum Gasteiger partial charge on any atom is 0.233 e. The number of aryl methyl sites for hydroxylation is 2. The lowest BCUT2D eigenvalue weighted by molar-refractivity contribution is -0.120. The Kier molecular flexibility index (Phi) is 6.65. The van der Waals surface area contributed by atoms with Gasteiger partial charge in [-0.1, -0.05) is 60.2 Å². The van der Waals surface area contributed by atoms with Crippen molar-refractivity contribution in [2.24, 2.45) is 0 Å². The average molecular weight is 296 g/mol. The first-order valence-corrected chi connectivity index (χ1v) is 7.81. The highest BCUT2D eigenvalue weighted by Gasteiger charge is 2.00. The summed E-state index contributed by atoms with van der Waals surface area (Å²) in [5.41, 5.74) is 3.76. The van der Waals surface area contributed by atoms with Crippen LogP contribution in [0.15, 0.2) is 54.6 Å². The molecule has 0 atom stereocenters. The van der Waals surface area contributed by atoms with Crippen LogP contribution in [-0.2, 0) is 17.8 Å². The minimum Gasteiger partial charge on any atom is -0.355 e. The van der Waals surface area contributed by atoms with Crippen LogP contribution >= 0.6 is 0 Å². The Bertz CT molecular complexity index is 564. The fourth-order valence-corrected chi connectivity index (χ4v) is 2.25. The molecule has 0 heterocycles. The molecule has 2 aromatic rings. The van der Waals surface area contributed by atoms with E-state index in [-0.39, 0.29) is 5.91 Å². The quantitative estimate of drug-likeness (QED) is 0.736. The monoisotopic (exact) mass is 296 g/mol. The van der Waals surface area contributed by atoms with Gasteiger partial charge in [0.2, 0.25) is 5.91 Å². The van der Waals surface area contributed by atoms with Gasteiger partial charge in [-0.05, 0) is 30.9 Å². The van der Waals surface area contributed by atoms with Gasteiger partial charge in [0.25, 0.3) is 0 Å². The lowest BCUT2D eigenvalue weighted by atomic mass is 10.1. The molecule has 0 saturated carbocycles. The molecule has 2 N–H and O–H groups in total. The van der Waals surface area contributed by atoms with Crippen LogP contribution in [0.4, 0.5) is 0 Å². The van der Waals surface area contributed by atoms with Gasteiger partial charge in [-0.25, -0.2) is 0 Å². The van der Waals surface area contributed by atoms with Crippen LogP contribution in [0.5, 0.6) is 0 Å². The second-order valence-electron chi connectivity index (χ2n) is 5.53. The van der Waals surface area contributed by atoms with Gasteiger partial charge in [-0.3, -0.25) is 4.79 Å². The molecule has 3 nitrogen and oxygen atoms in total. The van der Waals surface area contributed by atoms with E-state index in [9.17, 15) is 4.79 Å². The van der Waals surface area contributed by atoms with E-state index in [2.05, 4.69) is 54.0 Å². The Morgan fingerprint density at radius 3 is 2.41 bits per heavy atom. The second-order valence-corrected chi connectivity index (χ2v) is 5.53. The lowest BCUT2D eigenvalue weighted by Gasteiger charge is -2.07. The third-order valence-corrected chi connectivity index (χ3v) is 3.54. The Balaban J connectivity index is 1.55. The maximum atomic E-state index is 11.7. The highest BCUT2D eigenvalue weighted by atomic mass is 16.1. The number of rotatable bonds is 8. The van der Waals surface area contributed by atoms with Gasteiger partial charge in [0.15, 0.2) is 0 Å². The molecule has 1 amide bonds. The number of hydrogen-bond donors (Lipinski definition) is 2. The van der Waals surface area contributed by atoms with Crippen molar-refractivity contribution in [1.29, 1.82) is 0 Å². The molecule has 0 aliphatic rings. The van der Waals surface area contributed by atoms with Crippen LogP contribution in [0.1, 0.15) is 23.1 Å². The van der Waals surface area contributed by atoms with E-state index in [1.807, 2.05) is 18.2 Å². The van der Waals surface area contributed by atoms with E-state index in [1.54, 1.807) is 0 Å². The molecule has 2 rings (SSSR count). The van der Waals surface area contributed by atoms with Gasteiger partial charge in [-0.2, -0.15) is 0 Å². The second kappa shape index (κ2) is 9.00. The number of nitrogens with one attached hydrogen (secondary N) is 2. The van der Waals surface area contributed by atoms with Gasteiger partial charge in [-0.15, -0.1) is 0 Å². The molecule has 0 aliphatic heterocycles. The third-order valence-electron chi connectivity index (χ3n) is 3.54. The van der Waals surface area contributed by atoms with E-state index in [0.717, 1.165) is 25.9 Å². The molecular weight excluding hydrogens is 272 g/mol. The van der Waals surface area contributed by atoms with Crippen LogP contribution in [0, 0.1) is 6.92 Å². The van der Waals surface area contributed by atoms with E-state index < -0.39 is 0 Å². The molecular formula is C19H24N2O. The molecule has 3 heteroatoms. The summed E-state index contributed by atoms with van der Waals surface area (Å²) in [6.07, 6.45) is 1.96. The molecule has 0 saturated heterocycles. The van der Waals surface area contributed by atoms with Crippen LogP contribution in [0.25, 0.3) is 0 Å². The van der Waals surface area contributed by atoms with Crippen molar-refractivity contribution in [1.82, 2.24) is 10.6 Å². The minimum absolute atomic E-state index is 0.0557. The number of amides is 1. The molecule has 0 unspecified atom stereocenters. The first-order valence-electron chi connectivity index (χ1n) is 7.81. The molecule has 0 aromatic heterocycles. The molecule has 116 valence electrons. The molecule has 22 heavy (non-hydrogen) atoms. The number of carbonyl (C=O) groups excluding carboxylic acids is 1. The number of benzene rings is 2. The van der Waals surface area contributed by atoms with Crippen molar-refractivity contribution in [3.63, 3.8) is 0 Å². The van der Waals surface area contributed by atoms with Crippen LogP contribution in [-0.4, -0.2) is 19.0 Å². The average Bonchev–Trinajstić information content (AvgIpc) is 2.54. The first-order chi connectivity index (χ1) is 10.7. The van der Waals surface area contributed by atoms with Crippen LogP contribution < -0.4 is 10.6 Å². The SMILES string of the molecule is Cc1ccc(CNCC(=O)NCCCc2ccccc2)cc1. The summed E-state index contributed by atoms with van der Waals surface area (Å²) in [4.78, 5) is 11.7. The predicted molar refractivity (Wildman–Crippen MR) is 90.7 cm³/mol. The highest BCUT2D eigenvalue weighted by molar-refractivity contribution is 5.77. The van der Waals surface area contributed by atoms with Gasteiger partial charge >= 0.3 is 0 Å². The van der Waals surface area contributed by atoms with Gasteiger partial charge < -0.3 is 10.6 Å². The smallest absolute Gasteiger partial charge is 0.233 e. The predicted octanol–water partition coefficient (Wildman–Crippen LogP) is 2.83. The number of carbonyl (C=O) groups is 1. The summed E-state index contributed by atoms with van der Waals surface area (Å²) in [5.74, 6) is 0.0557. The molecule has 0 fully saturated rings. The summed E-state index contributed by atoms with van der Waals surface area (Å²) in [6, 6.07) is 18.7. The summed E-state index contributed by atoms with van der Waals surface area (Å²) < 4.78 is 0. The Morgan fingerprint density at radius 1 is 0.955 bits per heavy atom. The topological polar surface area (TPSA) is 41.1 Å². The van der Waals surface area contributed by atoms with E-state index in [4.69, 9.17) is 0 Å². The van der Waals surface area contributed by atoms with Crippen molar-refractivity contribution in [2.45, 2.75) is 26.3 Å². The van der Waals surface area contributed by atoms with Crippen molar-refractivity contribution in [3.8, 4) is 0 Å². The van der Waals surface area contributed by atoms with Gasteiger partial charge in [0.1, 0.15) is 0 Å². The maximum absolute atomic E-state index is 11.7. The van der Waals surface area contributed by atoms with Crippen molar-refractivity contribution >= 4 is 5.91 Å². The van der Waals surface area contributed by atoms with Crippen molar-refractivity contribution < 1.29 is 4.79 Å². The standard InChI is InChI=1S/C19H24N2O/c1-16-9-11-18(12-10-16)14-20-15-19(22)21-13-5-8-17-6-3-2-4-7-17/h2-4,6-7,9-12,20H,5,8,13-15H2,1H3,(H,21,22). The van der Waals surface area contributed by atoms with Crippen LogP contribution in [0.2, 0.25) is 0 Å².